The van der Waals surface area contributed by atoms with E-state index < -0.39 is 62.7 Å². The Hall–Kier alpha value is -1.44. The summed E-state index contributed by atoms with van der Waals surface area (Å²) in [6, 6.07) is 17.0. The quantitative estimate of drug-likeness (QED) is 0.193. The zero-order valence-corrected chi connectivity index (χ0v) is 28.0. The number of rotatable bonds is 11. The summed E-state index contributed by atoms with van der Waals surface area (Å²) < 4.78 is 29.8. The minimum absolute atomic E-state index is 0.0269. The van der Waals surface area contributed by atoms with Crippen LogP contribution in [0.25, 0.3) is 0 Å². The summed E-state index contributed by atoms with van der Waals surface area (Å²) in [6.45, 7) is 2.21. The molecule has 44 heavy (non-hydrogen) atoms. The molecule has 0 bridgehead atoms. The smallest absolute Gasteiger partial charge is 0.445 e. The minimum atomic E-state index is -2.03. The van der Waals surface area contributed by atoms with Crippen LogP contribution in [-0.4, -0.2) is 74.4 Å². The van der Waals surface area contributed by atoms with E-state index in [0.717, 1.165) is 11.1 Å². The predicted octanol–water partition coefficient (Wildman–Crippen LogP) is 6.64. The highest BCUT2D eigenvalue weighted by molar-refractivity contribution is 6.68. The summed E-state index contributed by atoms with van der Waals surface area (Å²) in [5.41, 5.74) is 0.00333. The molecule has 1 heterocycles. The van der Waals surface area contributed by atoms with Gasteiger partial charge in [0.1, 0.15) is 24.9 Å². The Labute approximate surface area is 284 Å². The number of alkyl halides is 6. The Morgan fingerprint density at radius 1 is 0.886 bits per heavy atom. The van der Waals surface area contributed by atoms with Crippen LogP contribution in [0.15, 0.2) is 60.7 Å². The second-order valence-corrected chi connectivity index (χ2v) is 14.9. The van der Waals surface area contributed by atoms with Gasteiger partial charge in [0, 0.05) is 0 Å². The van der Waals surface area contributed by atoms with E-state index in [2.05, 4.69) is 5.32 Å². The molecule has 1 aliphatic rings. The number of nitrogens with one attached hydrogen (secondary N) is 1. The van der Waals surface area contributed by atoms with Crippen molar-refractivity contribution in [2.24, 2.45) is 0 Å². The van der Waals surface area contributed by atoms with Crippen molar-refractivity contribution in [2.75, 3.05) is 13.2 Å². The zero-order chi connectivity index (χ0) is 32.5. The second kappa shape index (κ2) is 16.4. The number of benzene rings is 2. The number of carbonyl (C=O) groups is 2. The molecular weight excluding hydrogens is 707 g/mol. The molecule has 1 saturated heterocycles. The molecule has 1 aliphatic heterocycles. The van der Waals surface area contributed by atoms with Gasteiger partial charge in [-0.1, -0.05) is 130 Å². The van der Waals surface area contributed by atoms with E-state index in [4.69, 9.17) is 98.0 Å². The van der Waals surface area contributed by atoms with E-state index >= 15 is 0 Å². The lowest BCUT2D eigenvalue weighted by atomic mass is 9.96. The van der Waals surface area contributed by atoms with Crippen LogP contribution in [0.5, 0.6) is 0 Å². The van der Waals surface area contributed by atoms with Gasteiger partial charge in [-0.25, -0.2) is 9.59 Å². The summed E-state index contributed by atoms with van der Waals surface area (Å²) >= 11 is 35.0. The first kappa shape index (κ1) is 37.0. The van der Waals surface area contributed by atoms with Crippen LogP contribution in [0, 0.1) is 0 Å². The molecule has 244 valence electrons. The lowest BCUT2D eigenvalue weighted by Crippen LogP contribution is -2.66. The average Bonchev–Trinajstić information content (AvgIpc) is 2.93. The molecule has 3 rings (SSSR count). The van der Waals surface area contributed by atoms with Crippen molar-refractivity contribution in [1.82, 2.24) is 5.32 Å². The molecule has 0 saturated carbocycles. The molecule has 0 aromatic heterocycles. The van der Waals surface area contributed by atoms with E-state index in [1.54, 1.807) is 0 Å². The summed E-state index contributed by atoms with van der Waals surface area (Å²) in [7, 11) is 0. The highest BCUT2D eigenvalue weighted by atomic mass is 35.6. The van der Waals surface area contributed by atoms with E-state index in [1.807, 2.05) is 60.7 Å². The van der Waals surface area contributed by atoms with Crippen LogP contribution in [0.1, 0.15) is 25.0 Å². The third kappa shape index (κ3) is 11.7. The summed E-state index contributed by atoms with van der Waals surface area (Å²) in [5.74, 6) is 0. The maximum atomic E-state index is 13.1. The van der Waals surface area contributed by atoms with Crippen molar-refractivity contribution < 1.29 is 43.1 Å². The molecular formula is C28H31Cl6NO9. The fourth-order valence-corrected chi connectivity index (χ4v) is 4.19. The maximum Gasteiger partial charge on any atom is 0.509 e. The number of ether oxygens (including phenoxy) is 6. The fraction of sp³-hybridized carbons (Fsp3) is 0.500. The van der Waals surface area contributed by atoms with E-state index in [0.29, 0.717) is 0 Å². The Bertz CT molecular complexity index is 1200. The first-order valence-electron chi connectivity index (χ1n) is 13.1. The standard InChI is InChI=1S/C28H31Cl6NO9/c1-26(2,28(32,33)34)44-25(38)43-22-20(35-24(37)41-16-27(29,30)31)23(36)42-19(15-39-13-17-9-5-3-6-10-17)21(22)40-14-18-11-7-4-8-12-18/h3-12,19-23,36H,13-16H2,1-2H3,(H,35,37)/t19-,20-,21-,22-,23+/m1/s1. The molecule has 5 atom stereocenters. The van der Waals surface area contributed by atoms with Gasteiger partial charge < -0.3 is 38.8 Å². The number of carbonyl (C=O) groups excluding carboxylic acids is 2. The SMILES string of the molecule is CC(C)(OC(=O)O[C@@H]1[C@@H](NC(=O)OCC(Cl)(Cl)Cl)[C@@H](O)O[C@H](COCc2ccccc2)[C@H]1OCc1ccccc1)C(Cl)(Cl)Cl. The van der Waals surface area contributed by atoms with Crippen molar-refractivity contribution in [3.8, 4) is 0 Å². The summed E-state index contributed by atoms with van der Waals surface area (Å²) in [5, 5.41) is 13.4. The van der Waals surface area contributed by atoms with Gasteiger partial charge in [-0.2, -0.15) is 0 Å². The third-order valence-corrected chi connectivity index (χ3v) is 7.94. The topological polar surface area (TPSA) is 122 Å². The van der Waals surface area contributed by atoms with Crippen LogP contribution in [-0.2, 0) is 41.6 Å². The van der Waals surface area contributed by atoms with Crippen LogP contribution in [0.2, 0.25) is 0 Å². The molecule has 2 aromatic carbocycles. The molecule has 0 spiro atoms. The molecule has 1 amide bonds. The highest BCUT2D eigenvalue weighted by Crippen LogP contribution is 2.41. The third-order valence-electron chi connectivity index (χ3n) is 6.25. The van der Waals surface area contributed by atoms with Crippen molar-refractivity contribution >= 4 is 81.9 Å². The van der Waals surface area contributed by atoms with Gasteiger partial charge in [-0.05, 0) is 25.0 Å². The van der Waals surface area contributed by atoms with Gasteiger partial charge in [-0.3, -0.25) is 0 Å². The number of hydrogen-bond acceptors (Lipinski definition) is 9. The number of aliphatic hydroxyl groups is 1. The Morgan fingerprint density at radius 2 is 1.45 bits per heavy atom. The van der Waals surface area contributed by atoms with E-state index in [-0.39, 0.29) is 19.8 Å². The number of amides is 1. The Balaban J connectivity index is 1.89. The average molecular weight is 738 g/mol. The highest BCUT2D eigenvalue weighted by Gasteiger charge is 2.51. The number of halogens is 6. The predicted molar refractivity (Wildman–Crippen MR) is 166 cm³/mol. The first-order chi connectivity index (χ1) is 20.6. The fourth-order valence-electron chi connectivity index (χ4n) is 3.91. The Kier molecular flexibility index (Phi) is 13.8. The molecule has 10 nitrogen and oxygen atoms in total. The molecule has 0 unspecified atom stereocenters. The molecule has 16 heteroatoms. The van der Waals surface area contributed by atoms with Gasteiger partial charge in [0.2, 0.25) is 7.59 Å². The number of hydrogen-bond donors (Lipinski definition) is 2. The van der Waals surface area contributed by atoms with Crippen LogP contribution < -0.4 is 5.32 Å². The molecule has 2 N–H and O–H groups in total. The van der Waals surface area contributed by atoms with E-state index in [9.17, 15) is 14.7 Å². The second-order valence-electron chi connectivity index (χ2n) is 10.1. The molecule has 2 aromatic rings. The Morgan fingerprint density at radius 3 is 2.00 bits per heavy atom. The van der Waals surface area contributed by atoms with Gasteiger partial charge >= 0.3 is 12.2 Å². The minimum Gasteiger partial charge on any atom is -0.445 e. The monoisotopic (exact) mass is 735 g/mol. The summed E-state index contributed by atoms with van der Waals surface area (Å²) in [6.07, 6.45) is -7.77. The lowest BCUT2D eigenvalue weighted by Gasteiger charge is -2.44. The van der Waals surface area contributed by atoms with E-state index in [1.165, 1.54) is 13.8 Å². The van der Waals surface area contributed by atoms with Crippen molar-refractivity contribution in [3.63, 3.8) is 0 Å². The summed E-state index contributed by atoms with van der Waals surface area (Å²) in [4.78, 5) is 25.7. The van der Waals surface area contributed by atoms with Crippen molar-refractivity contribution in [3.05, 3.63) is 71.8 Å². The number of alkyl carbamates (subject to hydrolysis) is 1. The first-order valence-corrected chi connectivity index (χ1v) is 15.4. The van der Waals surface area contributed by atoms with Crippen LogP contribution in [0.3, 0.4) is 0 Å². The lowest BCUT2D eigenvalue weighted by molar-refractivity contribution is -0.270. The van der Waals surface area contributed by atoms with Crippen LogP contribution >= 0.6 is 69.6 Å². The van der Waals surface area contributed by atoms with Gasteiger partial charge in [0.05, 0.1) is 19.8 Å². The normalized spacial score (nSPS) is 22.6. The van der Waals surface area contributed by atoms with Crippen LogP contribution in [0.4, 0.5) is 9.59 Å². The molecule has 1 fully saturated rings. The van der Waals surface area contributed by atoms with Gasteiger partial charge in [-0.15, -0.1) is 0 Å². The largest absolute Gasteiger partial charge is 0.509 e. The molecule has 0 radical (unpaired) electrons. The zero-order valence-electron chi connectivity index (χ0n) is 23.5. The van der Waals surface area contributed by atoms with Gasteiger partial charge in [0.25, 0.3) is 0 Å². The molecule has 0 aliphatic carbocycles. The maximum absolute atomic E-state index is 13.1. The van der Waals surface area contributed by atoms with Crippen molar-refractivity contribution in [2.45, 2.75) is 70.9 Å². The number of aliphatic hydroxyl groups excluding tert-OH is 1. The van der Waals surface area contributed by atoms with Crippen molar-refractivity contribution in [1.29, 1.82) is 0 Å². The van der Waals surface area contributed by atoms with Gasteiger partial charge in [0.15, 0.2) is 18.0 Å².